The molecule has 4 nitrogen and oxygen atoms in total. The van der Waals surface area contributed by atoms with E-state index in [1.165, 1.54) is 24.3 Å². The molecule has 0 radical (unpaired) electrons. The number of nitrogens with zero attached hydrogens (tertiary/aromatic N) is 1. The molecule has 0 bridgehead atoms. The number of anilines is 1. The van der Waals surface area contributed by atoms with Crippen molar-refractivity contribution < 1.29 is 4.92 Å². The smallest absolute Gasteiger partial charge is 0.269 e. The zero-order valence-corrected chi connectivity index (χ0v) is 8.92. The van der Waals surface area contributed by atoms with Gasteiger partial charge in [0.05, 0.1) is 12.2 Å². The van der Waals surface area contributed by atoms with Crippen molar-refractivity contribution in [3.8, 4) is 0 Å². The number of benzene rings is 1. The molecule has 1 rings (SSSR count). The summed E-state index contributed by atoms with van der Waals surface area (Å²) < 4.78 is 0. The summed E-state index contributed by atoms with van der Waals surface area (Å²) in [5.41, 5.74) is 5.90. The molecule has 0 unspecified atom stereocenters. The number of hydrogen-bond donors (Lipinski definition) is 1. The Hall–Kier alpha value is -0.570. The lowest BCUT2D eigenvalue weighted by atomic mass is 10.3. The first kappa shape index (κ1) is 12.4. The van der Waals surface area contributed by atoms with Crippen molar-refractivity contribution in [3.63, 3.8) is 0 Å². The van der Waals surface area contributed by atoms with Gasteiger partial charge in [0.15, 0.2) is 0 Å². The fourth-order valence-corrected chi connectivity index (χ4v) is 0.596. The zero-order valence-electron chi connectivity index (χ0n) is 6.41. The highest BCUT2D eigenvalue weighted by Gasteiger charge is 2.00. The van der Waals surface area contributed by atoms with Gasteiger partial charge >= 0.3 is 0 Å². The third-order valence-electron chi connectivity index (χ3n) is 1.10. The third kappa shape index (κ3) is 5.64. The lowest BCUT2D eigenvalue weighted by molar-refractivity contribution is -0.384. The van der Waals surface area contributed by atoms with Crippen LogP contribution in [0, 0.1) is 10.1 Å². The molecular weight excluding hydrogens is 234 g/mol. The first-order valence-electron chi connectivity index (χ1n) is 3.08. The Bertz CT molecular complexity index is 268. The van der Waals surface area contributed by atoms with Gasteiger partial charge in [0.25, 0.3) is 5.69 Å². The maximum atomic E-state index is 10.1. The van der Waals surface area contributed by atoms with Gasteiger partial charge in [-0.25, -0.2) is 0 Å². The van der Waals surface area contributed by atoms with Gasteiger partial charge in [-0.15, -0.1) is 0 Å². The summed E-state index contributed by atoms with van der Waals surface area (Å²) in [6.07, 6.45) is 0. The molecule has 13 heavy (non-hydrogen) atoms. The number of nitro benzene ring substituents is 1. The largest absolute Gasteiger partial charge is 0.399 e. The van der Waals surface area contributed by atoms with E-state index < -0.39 is 4.92 Å². The van der Waals surface area contributed by atoms with Gasteiger partial charge in [-0.1, -0.05) is 22.5 Å². The number of non-ortho nitro benzene ring substituents is 1. The number of halogens is 2. The molecule has 0 amide bonds. The molecule has 0 aliphatic rings. The molecule has 0 heterocycles. The first-order valence-corrected chi connectivity index (χ1v) is 6.10. The second kappa shape index (κ2) is 6.89. The minimum absolute atomic E-state index is 0.0278. The monoisotopic (exact) mass is 240 g/mol. The maximum Gasteiger partial charge on any atom is 0.269 e. The Morgan fingerprint density at radius 2 is 1.69 bits per heavy atom. The number of nitrogen functional groups attached to an aromatic ring is 1. The Morgan fingerprint density at radius 3 is 2.00 bits per heavy atom. The van der Waals surface area contributed by atoms with Gasteiger partial charge in [-0.05, 0) is 12.1 Å². The highest BCUT2D eigenvalue weighted by atomic mass is 35.9. The quantitative estimate of drug-likeness (QED) is 0.355. The molecule has 0 aliphatic carbocycles. The number of nitro groups is 1. The summed E-state index contributed by atoms with van der Waals surface area (Å²) >= 11 is 9.58. The summed E-state index contributed by atoms with van der Waals surface area (Å²) in [5, 5.41) is 10.1. The van der Waals surface area contributed by atoms with Crippen LogP contribution in [0.5, 0.6) is 0 Å². The molecule has 1 aromatic rings. The van der Waals surface area contributed by atoms with E-state index in [-0.39, 0.29) is 13.0 Å². The van der Waals surface area contributed by atoms with Crippen molar-refractivity contribution >= 4 is 41.1 Å². The lowest BCUT2D eigenvalue weighted by Crippen LogP contribution is -1.88. The van der Waals surface area contributed by atoms with Gasteiger partial charge in [0.2, 0.25) is 0 Å². The van der Waals surface area contributed by atoms with E-state index in [2.05, 4.69) is 0 Å². The number of hydrogen-bond acceptors (Lipinski definition) is 3. The first-order chi connectivity index (χ1) is 6.11. The van der Waals surface area contributed by atoms with Gasteiger partial charge in [-0.3, -0.25) is 10.1 Å². The molecule has 0 atom stereocenters. The van der Waals surface area contributed by atoms with Crippen molar-refractivity contribution in [3.05, 3.63) is 34.4 Å². The van der Waals surface area contributed by atoms with Gasteiger partial charge < -0.3 is 5.73 Å². The predicted octanol–water partition coefficient (Wildman–Crippen LogP) is 3.15. The fourth-order valence-electron chi connectivity index (χ4n) is 0.596. The average molecular weight is 241 g/mol. The highest BCUT2D eigenvalue weighted by Crippen LogP contribution is 2.19. The topological polar surface area (TPSA) is 69.2 Å². The second-order valence-corrected chi connectivity index (χ2v) is 3.78. The number of rotatable bonds is 1. The van der Waals surface area contributed by atoms with Crippen molar-refractivity contribution in [1.82, 2.24) is 0 Å². The van der Waals surface area contributed by atoms with E-state index >= 15 is 0 Å². The van der Waals surface area contributed by atoms with E-state index in [0.29, 0.717) is 5.69 Å². The Labute approximate surface area is 86.5 Å². The summed E-state index contributed by atoms with van der Waals surface area (Å²) in [6.45, 7) is 0. The summed E-state index contributed by atoms with van der Waals surface area (Å²) in [5.74, 6) is 0. The Kier molecular flexibility index (Phi) is 6.59. The Balaban J connectivity index is 0.000000424. The number of nitrogens with two attached hydrogens (primary N) is 1. The molecule has 0 saturated heterocycles. The zero-order chi connectivity index (χ0) is 10.3. The molecule has 0 aromatic heterocycles. The van der Waals surface area contributed by atoms with Gasteiger partial charge in [0, 0.05) is 17.8 Å². The van der Waals surface area contributed by atoms with Crippen LogP contribution in [0.3, 0.4) is 0 Å². The lowest BCUT2D eigenvalue weighted by Gasteiger charge is -1.90. The molecule has 7 heteroatoms. The van der Waals surface area contributed by atoms with Crippen LogP contribution in [0.2, 0.25) is 0 Å². The van der Waals surface area contributed by atoms with Crippen LogP contribution in [0.4, 0.5) is 11.4 Å². The van der Waals surface area contributed by atoms with E-state index in [1.807, 2.05) is 0 Å². The molecule has 0 fully saturated rings. The molecule has 0 aliphatic heterocycles. The third-order valence-corrected chi connectivity index (χ3v) is 1.10. The standard InChI is InChI=1S/C6H6N2O2.Cl2HP/c7-5-1-3-6(4-2-5)8(9)10;1-3-2/h1-4H,7H2;3H. The van der Waals surface area contributed by atoms with Crippen LogP contribution >= 0.6 is 29.8 Å². The van der Waals surface area contributed by atoms with Crippen molar-refractivity contribution in [1.29, 1.82) is 0 Å². The Morgan fingerprint density at radius 1 is 1.31 bits per heavy atom. The molecule has 0 spiro atoms. The molecule has 2 N–H and O–H groups in total. The van der Waals surface area contributed by atoms with Crippen molar-refractivity contribution in [2.45, 2.75) is 0 Å². The highest BCUT2D eigenvalue weighted by molar-refractivity contribution is 7.90. The van der Waals surface area contributed by atoms with Crippen LogP contribution in [-0.4, -0.2) is 4.92 Å². The maximum absolute atomic E-state index is 10.1. The van der Waals surface area contributed by atoms with Crippen molar-refractivity contribution in [2.75, 3.05) is 5.73 Å². The van der Waals surface area contributed by atoms with Crippen LogP contribution in [0.1, 0.15) is 0 Å². The predicted molar refractivity (Wildman–Crippen MR) is 57.5 cm³/mol. The molecule has 1 aromatic carbocycles. The molecule has 0 saturated carbocycles. The van der Waals surface area contributed by atoms with Crippen LogP contribution in [0.15, 0.2) is 24.3 Å². The average Bonchev–Trinajstić information content (AvgIpc) is 2.06. The fraction of sp³-hybridized carbons (Fsp3) is 0. The normalized spacial score (nSPS) is 8.46. The minimum Gasteiger partial charge on any atom is -0.399 e. The summed E-state index contributed by atoms with van der Waals surface area (Å²) in [6, 6.07) is 5.74. The second-order valence-electron chi connectivity index (χ2n) is 1.92. The van der Waals surface area contributed by atoms with E-state index in [0.717, 1.165) is 0 Å². The van der Waals surface area contributed by atoms with Crippen molar-refractivity contribution in [2.24, 2.45) is 0 Å². The van der Waals surface area contributed by atoms with Gasteiger partial charge in [0.1, 0.15) is 0 Å². The van der Waals surface area contributed by atoms with E-state index in [9.17, 15) is 10.1 Å². The SMILES string of the molecule is ClPCl.Nc1ccc([N+](=O)[O-])cc1. The van der Waals surface area contributed by atoms with E-state index in [1.54, 1.807) is 0 Å². The van der Waals surface area contributed by atoms with Crippen LogP contribution in [0.25, 0.3) is 0 Å². The molecular formula is C6H7Cl2N2O2P. The minimum atomic E-state index is -0.459. The summed E-state index contributed by atoms with van der Waals surface area (Å²) in [7, 11) is 0.0278. The summed E-state index contributed by atoms with van der Waals surface area (Å²) in [4.78, 5) is 9.62. The van der Waals surface area contributed by atoms with Crippen LogP contribution < -0.4 is 5.73 Å². The van der Waals surface area contributed by atoms with Crippen LogP contribution in [-0.2, 0) is 0 Å². The van der Waals surface area contributed by atoms with E-state index in [4.69, 9.17) is 28.2 Å². The van der Waals surface area contributed by atoms with Gasteiger partial charge in [-0.2, -0.15) is 0 Å². The molecule has 72 valence electrons.